The Morgan fingerprint density at radius 1 is 1.04 bits per heavy atom. The summed E-state index contributed by atoms with van der Waals surface area (Å²) in [4.78, 5) is 39.5. The number of benzene rings is 2. The molecule has 0 saturated carbocycles. The molecular weight excluding hydrogens is 330 g/mol. The molecule has 0 spiro atoms. The van der Waals surface area contributed by atoms with Crippen molar-refractivity contribution in [2.75, 3.05) is 18.0 Å². The molecule has 2 aliphatic heterocycles. The third kappa shape index (κ3) is 2.76. The fourth-order valence-corrected chi connectivity index (χ4v) is 4.23. The molecule has 0 aromatic heterocycles. The van der Waals surface area contributed by atoms with Crippen LogP contribution in [0.1, 0.15) is 19.3 Å². The number of carbonyl (C=O) groups excluding carboxylic acids is 3. The summed E-state index contributed by atoms with van der Waals surface area (Å²) in [7, 11) is 0. The highest BCUT2D eigenvalue weighted by atomic mass is 16.2. The minimum absolute atomic E-state index is 0.111. The van der Waals surface area contributed by atoms with Crippen LogP contribution in [0.15, 0.2) is 42.5 Å². The van der Waals surface area contributed by atoms with Gasteiger partial charge in [0.15, 0.2) is 6.04 Å². The van der Waals surface area contributed by atoms with Gasteiger partial charge in [-0.3, -0.25) is 14.4 Å². The average Bonchev–Trinajstić information content (AvgIpc) is 2.95. The van der Waals surface area contributed by atoms with Crippen molar-refractivity contribution in [3.63, 3.8) is 0 Å². The van der Waals surface area contributed by atoms with Crippen molar-refractivity contribution < 1.29 is 19.3 Å². The van der Waals surface area contributed by atoms with Crippen LogP contribution in [-0.4, -0.2) is 36.9 Å². The van der Waals surface area contributed by atoms with E-state index in [1.165, 1.54) is 4.90 Å². The number of primary amides is 1. The number of imide groups is 1. The Morgan fingerprint density at radius 3 is 2.46 bits per heavy atom. The van der Waals surface area contributed by atoms with E-state index in [1.807, 2.05) is 42.5 Å². The van der Waals surface area contributed by atoms with E-state index in [0.29, 0.717) is 31.6 Å². The molecule has 134 valence electrons. The minimum Gasteiger partial charge on any atom is -0.369 e. The number of likely N-dealkylation sites (tertiary alicyclic amines) is 1. The molecule has 3 amide bonds. The monoisotopic (exact) mass is 352 g/mol. The quantitative estimate of drug-likeness (QED) is 0.777. The summed E-state index contributed by atoms with van der Waals surface area (Å²) in [5, 5.41) is 1.91. The van der Waals surface area contributed by atoms with Gasteiger partial charge in [-0.2, -0.15) is 0 Å². The van der Waals surface area contributed by atoms with Crippen molar-refractivity contribution in [1.82, 2.24) is 0 Å². The molecule has 6 nitrogen and oxygen atoms in total. The highest BCUT2D eigenvalue weighted by Crippen LogP contribution is 2.30. The highest BCUT2D eigenvalue weighted by molar-refractivity contribution is 6.24. The Kier molecular flexibility index (Phi) is 4.20. The number of quaternary nitrogens is 1. The van der Waals surface area contributed by atoms with Crippen molar-refractivity contribution >= 4 is 34.2 Å². The SMILES string of the molecule is NC(=O)C1CC[NH+]([C@H]2CC(=O)N(c3cccc4ccccc34)C2=O)CC1. The van der Waals surface area contributed by atoms with E-state index in [-0.39, 0.29) is 36.1 Å². The molecule has 2 saturated heterocycles. The van der Waals surface area contributed by atoms with Gasteiger partial charge in [-0.25, -0.2) is 4.90 Å². The molecule has 2 aliphatic rings. The van der Waals surface area contributed by atoms with Crippen LogP contribution in [0.4, 0.5) is 5.69 Å². The maximum Gasteiger partial charge on any atom is 0.292 e. The van der Waals surface area contributed by atoms with Crippen LogP contribution in [0, 0.1) is 5.92 Å². The number of hydrogen-bond acceptors (Lipinski definition) is 3. The zero-order valence-corrected chi connectivity index (χ0v) is 14.5. The molecule has 2 aromatic carbocycles. The van der Waals surface area contributed by atoms with E-state index in [0.717, 1.165) is 15.7 Å². The van der Waals surface area contributed by atoms with E-state index < -0.39 is 0 Å². The summed E-state index contributed by atoms with van der Waals surface area (Å²) < 4.78 is 0. The molecule has 2 aromatic rings. The van der Waals surface area contributed by atoms with Crippen LogP contribution in [-0.2, 0) is 14.4 Å². The maximum atomic E-state index is 13.1. The van der Waals surface area contributed by atoms with Crippen molar-refractivity contribution in [3.8, 4) is 0 Å². The van der Waals surface area contributed by atoms with E-state index in [9.17, 15) is 14.4 Å². The van der Waals surface area contributed by atoms with Gasteiger partial charge < -0.3 is 10.6 Å². The predicted molar refractivity (Wildman–Crippen MR) is 97.5 cm³/mol. The molecule has 0 bridgehead atoms. The van der Waals surface area contributed by atoms with Crippen molar-refractivity contribution in [2.45, 2.75) is 25.3 Å². The maximum absolute atomic E-state index is 13.1. The van der Waals surface area contributed by atoms with Crippen LogP contribution in [0.25, 0.3) is 10.8 Å². The number of nitrogens with two attached hydrogens (primary N) is 1. The molecule has 0 aliphatic carbocycles. The Hall–Kier alpha value is -2.73. The number of hydrogen-bond donors (Lipinski definition) is 2. The Balaban J connectivity index is 1.59. The molecular formula is C20H22N3O3+. The lowest BCUT2D eigenvalue weighted by Crippen LogP contribution is -3.17. The number of nitrogens with zero attached hydrogens (tertiary/aromatic N) is 1. The third-order valence-corrected chi connectivity index (χ3v) is 5.68. The molecule has 26 heavy (non-hydrogen) atoms. The minimum atomic E-state index is -0.365. The fraction of sp³-hybridized carbons (Fsp3) is 0.350. The third-order valence-electron chi connectivity index (χ3n) is 5.68. The Labute approximate surface area is 151 Å². The zero-order chi connectivity index (χ0) is 18.3. The van der Waals surface area contributed by atoms with E-state index >= 15 is 0 Å². The fourth-order valence-electron chi connectivity index (χ4n) is 4.23. The number of nitrogens with one attached hydrogen (secondary N) is 1. The van der Waals surface area contributed by atoms with Gasteiger partial charge >= 0.3 is 0 Å². The first-order valence-electron chi connectivity index (χ1n) is 9.04. The second-order valence-corrected chi connectivity index (χ2v) is 7.16. The van der Waals surface area contributed by atoms with Gasteiger partial charge in [-0.15, -0.1) is 0 Å². The van der Waals surface area contributed by atoms with Crippen molar-refractivity contribution in [2.24, 2.45) is 11.7 Å². The number of anilines is 1. The van der Waals surface area contributed by atoms with E-state index in [1.54, 1.807) is 0 Å². The van der Waals surface area contributed by atoms with Crippen LogP contribution in [0.2, 0.25) is 0 Å². The van der Waals surface area contributed by atoms with Gasteiger partial charge in [-0.05, 0) is 11.5 Å². The van der Waals surface area contributed by atoms with Gasteiger partial charge in [0.2, 0.25) is 11.8 Å². The van der Waals surface area contributed by atoms with Gasteiger partial charge in [0.05, 0.1) is 25.2 Å². The molecule has 6 heteroatoms. The summed E-state index contributed by atoms with van der Waals surface area (Å²) >= 11 is 0. The normalized spacial score (nSPS) is 26.5. The first kappa shape index (κ1) is 16.7. The number of carbonyl (C=O) groups is 3. The molecule has 0 radical (unpaired) electrons. The lowest BCUT2D eigenvalue weighted by Gasteiger charge is -2.30. The summed E-state index contributed by atoms with van der Waals surface area (Å²) in [6.45, 7) is 1.39. The largest absolute Gasteiger partial charge is 0.369 e. The standard InChI is InChI=1S/C20H21N3O3/c21-19(25)14-8-10-22(11-9-14)17-12-18(24)23(20(17)26)16-7-3-5-13-4-1-2-6-15(13)16/h1-7,14,17H,8-12H2,(H2,21,25)/p+1/t17-/m0/s1. The van der Waals surface area contributed by atoms with Crippen LogP contribution in [0.3, 0.4) is 0 Å². The van der Waals surface area contributed by atoms with Crippen molar-refractivity contribution in [3.05, 3.63) is 42.5 Å². The van der Waals surface area contributed by atoms with Crippen LogP contribution in [0.5, 0.6) is 0 Å². The summed E-state index contributed by atoms with van der Waals surface area (Å²) in [6, 6.07) is 13.1. The van der Waals surface area contributed by atoms with Crippen molar-refractivity contribution in [1.29, 1.82) is 0 Å². The second-order valence-electron chi connectivity index (χ2n) is 7.16. The first-order chi connectivity index (χ1) is 12.6. The number of piperidine rings is 1. The lowest BCUT2D eigenvalue weighted by molar-refractivity contribution is -0.920. The topological polar surface area (TPSA) is 84.9 Å². The van der Waals surface area contributed by atoms with Crippen LogP contribution >= 0.6 is 0 Å². The smallest absolute Gasteiger partial charge is 0.292 e. The average molecular weight is 352 g/mol. The van der Waals surface area contributed by atoms with Crippen LogP contribution < -0.4 is 15.5 Å². The second kappa shape index (κ2) is 6.53. The summed E-state index contributed by atoms with van der Waals surface area (Å²) in [5.41, 5.74) is 6.05. The predicted octanol–water partition coefficient (Wildman–Crippen LogP) is 0.252. The number of fused-ring (bicyclic) bond motifs is 1. The number of rotatable bonds is 3. The molecule has 2 heterocycles. The molecule has 3 N–H and O–H groups in total. The molecule has 2 fully saturated rings. The highest BCUT2D eigenvalue weighted by Gasteiger charge is 2.47. The molecule has 1 atom stereocenters. The van der Waals surface area contributed by atoms with Gasteiger partial charge in [0, 0.05) is 24.1 Å². The molecule has 0 unspecified atom stereocenters. The molecule has 4 rings (SSSR count). The van der Waals surface area contributed by atoms with E-state index in [2.05, 4.69) is 0 Å². The summed E-state index contributed by atoms with van der Waals surface area (Å²) in [6.07, 6.45) is 1.58. The van der Waals surface area contributed by atoms with Gasteiger partial charge in [0.1, 0.15) is 0 Å². The summed E-state index contributed by atoms with van der Waals surface area (Å²) in [5.74, 6) is -0.671. The van der Waals surface area contributed by atoms with E-state index in [4.69, 9.17) is 5.73 Å². The van der Waals surface area contributed by atoms with Gasteiger partial charge in [-0.1, -0.05) is 36.4 Å². The zero-order valence-electron chi connectivity index (χ0n) is 14.5. The Morgan fingerprint density at radius 2 is 1.73 bits per heavy atom. The number of amides is 3. The Bertz CT molecular complexity index is 882. The van der Waals surface area contributed by atoms with Gasteiger partial charge in [0.25, 0.3) is 5.91 Å². The lowest BCUT2D eigenvalue weighted by atomic mass is 9.95. The first-order valence-corrected chi connectivity index (χ1v) is 9.04.